The third-order valence-electron chi connectivity index (χ3n) is 3.60. The fraction of sp³-hybridized carbons (Fsp3) is 0.111. The lowest BCUT2D eigenvalue weighted by Crippen LogP contribution is -2.31. The normalized spacial score (nSPS) is 10.5. The van der Waals surface area contributed by atoms with Crippen LogP contribution < -0.4 is 16.4 Å². The number of pyridine rings is 1. The highest BCUT2D eigenvalue weighted by atomic mass is 16.2. The van der Waals surface area contributed by atoms with Crippen molar-refractivity contribution in [2.75, 3.05) is 17.6 Å². The number of hydrogen-bond donors (Lipinski definition) is 3. The minimum atomic E-state index is -0.471. The van der Waals surface area contributed by atoms with Crippen molar-refractivity contribution in [2.45, 2.75) is 6.42 Å². The van der Waals surface area contributed by atoms with E-state index in [1.807, 2.05) is 12.1 Å². The largest absolute Gasteiger partial charge is 0.399 e. The number of hydrogen-bond acceptors (Lipinski definition) is 5. The van der Waals surface area contributed by atoms with Gasteiger partial charge in [-0.05, 0) is 42.5 Å². The van der Waals surface area contributed by atoms with Crippen molar-refractivity contribution < 1.29 is 14.4 Å². The Kier molecular flexibility index (Phi) is 4.93. The Hall–Kier alpha value is -3.68. The maximum absolute atomic E-state index is 12.1. The van der Waals surface area contributed by atoms with E-state index in [-0.39, 0.29) is 18.7 Å². The van der Waals surface area contributed by atoms with Gasteiger partial charge in [0.15, 0.2) is 11.5 Å². The Bertz CT molecular complexity index is 929. The van der Waals surface area contributed by atoms with Crippen molar-refractivity contribution in [1.82, 2.24) is 14.9 Å². The van der Waals surface area contributed by atoms with Gasteiger partial charge in [0.25, 0.3) is 5.91 Å². The number of anilines is 2. The molecule has 2 aromatic heterocycles. The summed E-state index contributed by atoms with van der Waals surface area (Å²) in [6.07, 6.45) is 1.38. The van der Waals surface area contributed by atoms with Crippen LogP contribution in [-0.2, 0) is 9.59 Å². The third kappa shape index (κ3) is 4.23. The lowest BCUT2D eigenvalue weighted by Gasteiger charge is -2.06. The summed E-state index contributed by atoms with van der Waals surface area (Å²) in [5.41, 5.74) is 7.66. The predicted molar refractivity (Wildman–Crippen MR) is 96.6 cm³/mol. The van der Waals surface area contributed by atoms with Crippen molar-refractivity contribution in [3.63, 3.8) is 0 Å². The first-order valence-electron chi connectivity index (χ1n) is 7.91. The molecule has 1 aromatic carbocycles. The number of nitrogen functional groups attached to an aromatic ring is 1. The molecule has 0 unspecified atom stereocenters. The molecule has 0 aliphatic rings. The van der Waals surface area contributed by atoms with E-state index in [0.29, 0.717) is 11.4 Å². The second-order valence-electron chi connectivity index (χ2n) is 5.67. The molecule has 4 N–H and O–H groups in total. The van der Waals surface area contributed by atoms with Gasteiger partial charge in [-0.15, -0.1) is 0 Å². The lowest BCUT2D eigenvalue weighted by atomic mass is 10.2. The Labute approximate surface area is 149 Å². The molecule has 3 aromatic rings. The number of carbonyl (C=O) groups excluding carboxylic acids is 3. The number of amides is 2. The quantitative estimate of drug-likeness (QED) is 0.456. The number of rotatable bonds is 6. The number of carbonyl (C=O) groups is 3. The summed E-state index contributed by atoms with van der Waals surface area (Å²) in [5, 5.41) is 9.19. The van der Waals surface area contributed by atoms with E-state index in [1.54, 1.807) is 47.1 Å². The third-order valence-corrected chi connectivity index (χ3v) is 3.60. The van der Waals surface area contributed by atoms with Crippen LogP contribution in [0.5, 0.6) is 0 Å². The SMILES string of the molecule is Nc1ccc(NC(=O)CC(=O)CNC(=O)c2cc3ccccn3n2)cc1. The summed E-state index contributed by atoms with van der Waals surface area (Å²) < 4.78 is 1.57. The van der Waals surface area contributed by atoms with Crippen LogP contribution in [0.1, 0.15) is 16.9 Å². The number of nitrogens with two attached hydrogens (primary N) is 1. The van der Waals surface area contributed by atoms with Gasteiger partial charge >= 0.3 is 0 Å². The first kappa shape index (κ1) is 17.2. The van der Waals surface area contributed by atoms with Gasteiger partial charge in [-0.3, -0.25) is 14.4 Å². The van der Waals surface area contributed by atoms with Crippen LogP contribution in [0.2, 0.25) is 0 Å². The molecule has 2 amide bonds. The highest BCUT2D eigenvalue weighted by Gasteiger charge is 2.14. The summed E-state index contributed by atoms with van der Waals surface area (Å²) in [6, 6.07) is 13.6. The van der Waals surface area contributed by atoms with Gasteiger partial charge < -0.3 is 16.4 Å². The van der Waals surface area contributed by atoms with Gasteiger partial charge in [0.05, 0.1) is 18.5 Å². The monoisotopic (exact) mass is 351 g/mol. The van der Waals surface area contributed by atoms with Crippen LogP contribution in [0.25, 0.3) is 5.52 Å². The van der Waals surface area contributed by atoms with Gasteiger partial charge in [0.1, 0.15) is 0 Å². The smallest absolute Gasteiger partial charge is 0.272 e. The Balaban J connectivity index is 1.49. The summed E-state index contributed by atoms with van der Waals surface area (Å²) in [6.45, 7) is -0.248. The average molecular weight is 351 g/mol. The lowest BCUT2D eigenvalue weighted by molar-refractivity contribution is -0.124. The number of ketones is 1. The molecule has 0 saturated heterocycles. The Morgan fingerprint density at radius 1 is 1.08 bits per heavy atom. The van der Waals surface area contributed by atoms with Gasteiger partial charge in [-0.1, -0.05) is 6.07 Å². The average Bonchev–Trinajstić information content (AvgIpc) is 3.06. The van der Waals surface area contributed by atoms with Gasteiger partial charge in [-0.2, -0.15) is 5.10 Å². The van der Waals surface area contributed by atoms with E-state index < -0.39 is 17.6 Å². The zero-order valence-corrected chi connectivity index (χ0v) is 13.8. The first-order chi connectivity index (χ1) is 12.5. The number of aromatic nitrogens is 2. The van der Waals surface area contributed by atoms with Gasteiger partial charge in [0.2, 0.25) is 5.91 Å². The minimum absolute atomic E-state index is 0.204. The second kappa shape index (κ2) is 7.47. The molecule has 0 aliphatic heterocycles. The number of Topliss-reactive ketones (excluding diaryl/α,β-unsaturated/α-hetero) is 1. The highest BCUT2D eigenvalue weighted by molar-refractivity contribution is 6.06. The van der Waals surface area contributed by atoms with Crippen LogP contribution in [0, 0.1) is 0 Å². The molecular formula is C18H17N5O3. The van der Waals surface area contributed by atoms with Gasteiger partial charge in [0, 0.05) is 17.6 Å². The summed E-state index contributed by atoms with van der Waals surface area (Å²) in [5.74, 6) is -1.34. The van der Waals surface area contributed by atoms with Crippen molar-refractivity contribution in [3.05, 3.63) is 60.4 Å². The molecule has 0 bridgehead atoms. The molecule has 8 nitrogen and oxygen atoms in total. The number of fused-ring (bicyclic) bond motifs is 1. The molecule has 0 atom stereocenters. The fourth-order valence-corrected chi connectivity index (χ4v) is 2.33. The molecule has 3 rings (SSSR count). The summed E-state index contributed by atoms with van der Waals surface area (Å²) >= 11 is 0. The van der Waals surface area contributed by atoms with E-state index in [4.69, 9.17) is 5.73 Å². The molecule has 0 saturated carbocycles. The standard InChI is InChI=1S/C18H17N5O3/c19-12-4-6-13(7-5-12)21-17(25)10-15(24)11-20-18(26)16-9-14-3-1-2-8-23(14)22-16/h1-9H,10-11,19H2,(H,20,26)(H,21,25). The minimum Gasteiger partial charge on any atom is -0.399 e. The molecule has 0 fully saturated rings. The van der Waals surface area contributed by atoms with Crippen LogP contribution in [0.15, 0.2) is 54.7 Å². The van der Waals surface area contributed by atoms with Gasteiger partial charge in [-0.25, -0.2) is 4.52 Å². The first-order valence-corrected chi connectivity index (χ1v) is 7.91. The van der Waals surface area contributed by atoms with E-state index in [2.05, 4.69) is 15.7 Å². The molecule has 0 radical (unpaired) electrons. The van der Waals surface area contributed by atoms with Crippen molar-refractivity contribution in [3.8, 4) is 0 Å². The fourth-order valence-electron chi connectivity index (χ4n) is 2.33. The summed E-state index contributed by atoms with van der Waals surface area (Å²) in [4.78, 5) is 35.8. The van der Waals surface area contributed by atoms with E-state index in [9.17, 15) is 14.4 Å². The molecule has 132 valence electrons. The molecule has 8 heteroatoms. The molecule has 26 heavy (non-hydrogen) atoms. The topological polar surface area (TPSA) is 119 Å². The maximum atomic E-state index is 12.1. The van der Waals surface area contributed by atoms with Crippen LogP contribution >= 0.6 is 0 Å². The van der Waals surface area contributed by atoms with Crippen LogP contribution in [0.4, 0.5) is 11.4 Å². The Morgan fingerprint density at radius 2 is 1.85 bits per heavy atom. The molecule has 0 spiro atoms. The van der Waals surface area contributed by atoms with Crippen molar-refractivity contribution >= 4 is 34.5 Å². The van der Waals surface area contributed by atoms with E-state index in [1.165, 1.54) is 0 Å². The molecule has 0 aliphatic carbocycles. The summed E-state index contributed by atoms with van der Waals surface area (Å²) in [7, 11) is 0. The van der Waals surface area contributed by atoms with E-state index in [0.717, 1.165) is 5.52 Å². The molecule has 2 heterocycles. The van der Waals surface area contributed by atoms with E-state index >= 15 is 0 Å². The predicted octanol–water partition coefficient (Wildman–Crippen LogP) is 1.24. The molecular weight excluding hydrogens is 334 g/mol. The zero-order valence-electron chi connectivity index (χ0n) is 13.8. The van der Waals surface area contributed by atoms with Crippen molar-refractivity contribution in [1.29, 1.82) is 0 Å². The number of nitrogens with one attached hydrogen (secondary N) is 2. The maximum Gasteiger partial charge on any atom is 0.272 e. The second-order valence-corrected chi connectivity index (χ2v) is 5.67. The number of benzene rings is 1. The highest BCUT2D eigenvalue weighted by Crippen LogP contribution is 2.10. The van der Waals surface area contributed by atoms with Crippen LogP contribution in [-0.4, -0.2) is 33.8 Å². The Morgan fingerprint density at radius 3 is 2.58 bits per heavy atom. The number of nitrogens with zero attached hydrogens (tertiary/aromatic N) is 2. The zero-order chi connectivity index (χ0) is 18.5. The van der Waals surface area contributed by atoms with Crippen LogP contribution in [0.3, 0.4) is 0 Å². The van der Waals surface area contributed by atoms with Crippen molar-refractivity contribution in [2.24, 2.45) is 0 Å².